The minimum absolute atomic E-state index is 0. The van der Waals surface area contributed by atoms with Crippen molar-refractivity contribution in [3.63, 3.8) is 0 Å². The molecule has 0 spiro atoms. The van der Waals surface area contributed by atoms with Crippen molar-refractivity contribution in [3.8, 4) is 0 Å². The first kappa shape index (κ1) is 12.4. The van der Waals surface area contributed by atoms with Crippen LogP contribution < -0.4 is 5.32 Å². The lowest BCUT2D eigenvalue weighted by Gasteiger charge is -2.35. The summed E-state index contributed by atoms with van der Waals surface area (Å²) in [6.45, 7) is 4.89. The average molecular weight is 214 g/mol. The van der Waals surface area contributed by atoms with E-state index in [-0.39, 0.29) is 12.4 Å². The smallest absolute Gasteiger partial charge is 0.119 e. The molecule has 1 aliphatic rings. The molecule has 0 saturated carbocycles. The Kier molecular flexibility index (Phi) is 4.25. The largest absolute Gasteiger partial charge is 0.382 e. The van der Waals surface area contributed by atoms with E-state index in [1.807, 2.05) is 0 Å². The van der Waals surface area contributed by atoms with Gasteiger partial charge in [0.25, 0.3) is 0 Å². The Bertz CT molecular complexity index is 186. The maximum atomic E-state index is 11.6. The fraction of sp³-hybridized carbons (Fsp3) is 1.00. The minimum atomic E-state index is -2.34. The molecule has 5 heteroatoms. The van der Waals surface area contributed by atoms with Gasteiger partial charge in [0.15, 0.2) is 0 Å². The van der Waals surface area contributed by atoms with Gasteiger partial charge in [-0.25, -0.2) is 0 Å². The zero-order chi connectivity index (χ0) is 8.54. The van der Waals surface area contributed by atoms with E-state index in [1.165, 1.54) is 0 Å². The van der Waals surface area contributed by atoms with Gasteiger partial charge in [-0.1, -0.05) is 0 Å². The summed E-state index contributed by atoms with van der Waals surface area (Å²) < 4.78 is 11.6. The van der Waals surface area contributed by atoms with E-state index in [4.69, 9.17) is 0 Å². The predicted molar refractivity (Wildman–Crippen MR) is 53.8 cm³/mol. The zero-order valence-electron chi connectivity index (χ0n) is 7.54. The third-order valence-electron chi connectivity index (χ3n) is 2.41. The van der Waals surface area contributed by atoms with Gasteiger partial charge in [0, 0.05) is 0 Å². The highest BCUT2D eigenvalue weighted by Crippen LogP contribution is 2.53. The number of nitrogens with one attached hydrogen (secondary N) is 1. The fourth-order valence-corrected chi connectivity index (χ4v) is 2.67. The molecule has 0 atom stereocenters. The highest BCUT2D eigenvalue weighted by atomic mass is 35.5. The van der Waals surface area contributed by atoms with Crippen LogP contribution in [-0.2, 0) is 4.57 Å². The summed E-state index contributed by atoms with van der Waals surface area (Å²) in [5.41, 5.74) is 0. The van der Waals surface area contributed by atoms with Crippen molar-refractivity contribution in [2.45, 2.75) is 18.2 Å². The Balaban J connectivity index is 0.00000121. The lowest BCUT2D eigenvalue weighted by molar-refractivity contribution is 0.0888. The summed E-state index contributed by atoms with van der Waals surface area (Å²) >= 11 is 0. The number of piperidine rings is 1. The second kappa shape index (κ2) is 4.10. The van der Waals surface area contributed by atoms with Gasteiger partial charge in [0.1, 0.15) is 12.5 Å². The summed E-state index contributed by atoms with van der Waals surface area (Å²) in [6, 6.07) is 0. The van der Waals surface area contributed by atoms with Crippen molar-refractivity contribution in [1.82, 2.24) is 5.32 Å². The molecule has 1 fully saturated rings. The van der Waals surface area contributed by atoms with Crippen LogP contribution in [0.25, 0.3) is 0 Å². The van der Waals surface area contributed by atoms with Gasteiger partial charge in [0.2, 0.25) is 0 Å². The molecule has 12 heavy (non-hydrogen) atoms. The van der Waals surface area contributed by atoms with E-state index in [0.29, 0.717) is 12.8 Å². The minimum Gasteiger partial charge on any atom is -0.382 e. The van der Waals surface area contributed by atoms with Crippen molar-refractivity contribution >= 4 is 19.5 Å². The van der Waals surface area contributed by atoms with Gasteiger partial charge in [-0.15, -0.1) is 12.4 Å². The Labute approximate surface area is 79.7 Å². The second-order valence-electron chi connectivity index (χ2n) is 3.58. The third-order valence-corrected chi connectivity index (χ3v) is 4.86. The molecular formula is C7H17ClNO2P. The molecule has 1 rings (SSSR count). The first-order chi connectivity index (χ1) is 4.96. The Morgan fingerprint density at radius 3 is 2.00 bits per heavy atom. The van der Waals surface area contributed by atoms with Crippen LogP contribution in [0.5, 0.6) is 0 Å². The molecule has 0 bridgehead atoms. The van der Waals surface area contributed by atoms with Crippen molar-refractivity contribution in [3.05, 3.63) is 0 Å². The van der Waals surface area contributed by atoms with Crippen LogP contribution in [0.1, 0.15) is 12.8 Å². The molecule has 74 valence electrons. The summed E-state index contributed by atoms with van der Waals surface area (Å²) in [4.78, 5) is 0. The van der Waals surface area contributed by atoms with E-state index in [9.17, 15) is 9.67 Å². The van der Waals surface area contributed by atoms with Crippen molar-refractivity contribution < 1.29 is 9.67 Å². The zero-order valence-corrected chi connectivity index (χ0v) is 9.25. The van der Waals surface area contributed by atoms with Gasteiger partial charge in [0.05, 0.1) is 0 Å². The van der Waals surface area contributed by atoms with E-state index in [2.05, 4.69) is 5.32 Å². The predicted octanol–water partition coefficient (Wildman–Crippen LogP) is 1.10. The first-order valence-electron chi connectivity index (χ1n) is 3.94. The molecule has 1 heterocycles. The fourth-order valence-electron chi connectivity index (χ4n) is 1.37. The average Bonchev–Trinajstić information content (AvgIpc) is 1.87. The van der Waals surface area contributed by atoms with Crippen molar-refractivity contribution in [2.75, 3.05) is 26.4 Å². The number of hydrogen-bond acceptors (Lipinski definition) is 3. The first-order valence-corrected chi connectivity index (χ1v) is 6.54. The van der Waals surface area contributed by atoms with Crippen LogP contribution in [-0.4, -0.2) is 36.9 Å². The van der Waals surface area contributed by atoms with E-state index in [0.717, 1.165) is 13.1 Å². The van der Waals surface area contributed by atoms with E-state index < -0.39 is 12.5 Å². The van der Waals surface area contributed by atoms with Crippen LogP contribution in [0.4, 0.5) is 0 Å². The van der Waals surface area contributed by atoms with Gasteiger partial charge in [-0.3, -0.25) is 0 Å². The number of aliphatic hydroxyl groups is 1. The van der Waals surface area contributed by atoms with Crippen LogP contribution in [0.3, 0.4) is 0 Å². The van der Waals surface area contributed by atoms with Crippen LogP contribution >= 0.6 is 19.5 Å². The number of hydrogen-bond donors (Lipinski definition) is 2. The molecule has 3 nitrogen and oxygen atoms in total. The third kappa shape index (κ3) is 2.46. The molecule has 0 aromatic rings. The van der Waals surface area contributed by atoms with Crippen LogP contribution in [0.15, 0.2) is 0 Å². The molecular weight excluding hydrogens is 197 g/mol. The summed E-state index contributed by atoms with van der Waals surface area (Å²) in [6.07, 6.45) is 1.24. The molecule has 2 N–H and O–H groups in total. The normalized spacial score (nSPS) is 22.9. The highest BCUT2D eigenvalue weighted by molar-refractivity contribution is 7.63. The standard InChI is InChI=1S/C7H16NO2P.ClH/c1-11(2,10)7(9)3-5-8-6-4-7;/h8-9H,3-6H2,1-2H3;1H. The van der Waals surface area contributed by atoms with Crippen molar-refractivity contribution in [1.29, 1.82) is 0 Å². The molecule has 0 radical (unpaired) electrons. The summed E-state index contributed by atoms with van der Waals surface area (Å²) in [5, 5.41) is 12.1. The monoisotopic (exact) mass is 213 g/mol. The lowest BCUT2D eigenvalue weighted by atomic mass is 10.1. The second-order valence-corrected chi connectivity index (χ2v) is 7.12. The van der Waals surface area contributed by atoms with Gasteiger partial charge in [-0.05, 0) is 39.3 Å². The Hall–Kier alpha value is 0.440. The lowest BCUT2D eigenvalue weighted by Crippen LogP contribution is -2.41. The van der Waals surface area contributed by atoms with Crippen LogP contribution in [0.2, 0.25) is 0 Å². The molecule has 1 aliphatic heterocycles. The van der Waals surface area contributed by atoms with E-state index >= 15 is 0 Å². The summed E-state index contributed by atoms with van der Waals surface area (Å²) in [7, 11) is -2.34. The number of rotatable bonds is 1. The van der Waals surface area contributed by atoms with Gasteiger partial charge in [-0.2, -0.15) is 0 Å². The molecule has 0 amide bonds. The van der Waals surface area contributed by atoms with Gasteiger partial charge < -0.3 is 15.0 Å². The molecule has 0 aromatic heterocycles. The molecule has 0 unspecified atom stereocenters. The molecule has 0 aliphatic carbocycles. The SMILES string of the molecule is CP(C)(=O)C1(O)CCNCC1.Cl. The molecule has 1 saturated heterocycles. The Morgan fingerprint density at radius 2 is 1.75 bits per heavy atom. The topological polar surface area (TPSA) is 49.3 Å². The Morgan fingerprint density at radius 1 is 1.33 bits per heavy atom. The summed E-state index contributed by atoms with van der Waals surface area (Å²) in [5.74, 6) is 0. The number of halogens is 1. The van der Waals surface area contributed by atoms with Crippen LogP contribution in [0, 0.1) is 0 Å². The maximum Gasteiger partial charge on any atom is 0.119 e. The maximum absolute atomic E-state index is 11.6. The van der Waals surface area contributed by atoms with Crippen molar-refractivity contribution in [2.24, 2.45) is 0 Å². The highest BCUT2D eigenvalue weighted by Gasteiger charge is 2.40. The quantitative estimate of drug-likeness (QED) is 0.642. The van der Waals surface area contributed by atoms with E-state index in [1.54, 1.807) is 13.3 Å². The molecule has 0 aromatic carbocycles. The van der Waals surface area contributed by atoms with Gasteiger partial charge >= 0.3 is 0 Å².